The Kier molecular flexibility index (Phi) is 7.95. The highest BCUT2D eigenvalue weighted by molar-refractivity contribution is 7.98. The van der Waals surface area contributed by atoms with Crippen molar-refractivity contribution in [1.82, 2.24) is 0 Å². The van der Waals surface area contributed by atoms with Crippen LogP contribution in [-0.4, -0.2) is 31.1 Å². The summed E-state index contributed by atoms with van der Waals surface area (Å²) < 4.78 is 4.94. The lowest BCUT2D eigenvalue weighted by Crippen LogP contribution is -2.08. The smallest absolute Gasteiger partial charge is 0.338 e. The van der Waals surface area contributed by atoms with Crippen molar-refractivity contribution in [2.45, 2.75) is 26.2 Å². The van der Waals surface area contributed by atoms with Gasteiger partial charge < -0.3 is 15.8 Å². The summed E-state index contributed by atoms with van der Waals surface area (Å²) >= 11 is 1.88. The number of nitrogen functional groups attached to an aromatic ring is 1. The Bertz CT molecular complexity index is 424. The largest absolute Gasteiger partial charge is 0.462 e. The molecule has 0 aliphatic carbocycles. The summed E-state index contributed by atoms with van der Waals surface area (Å²) in [7, 11) is 0. The maximum atomic E-state index is 11.6. The molecule has 0 saturated heterocycles. The van der Waals surface area contributed by atoms with Crippen molar-refractivity contribution < 1.29 is 9.53 Å². The summed E-state index contributed by atoms with van der Waals surface area (Å²) in [6, 6.07) is 5.24. The number of thioether (sulfide) groups is 1. The minimum absolute atomic E-state index is 0.331. The normalized spacial score (nSPS) is 10.3. The summed E-state index contributed by atoms with van der Waals surface area (Å²) in [5, 5.41) is 3.30. The maximum Gasteiger partial charge on any atom is 0.338 e. The van der Waals surface area contributed by atoms with Crippen molar-refractivity contribution >= 4 is 29.1 Å². The number of benzene rings is 1. The molecule has 4 nitrogen and oxygen atoms in total. The highest BCUT2D eigenvalue weighted by Crippen LogP contribution is 2.20. The molecule has 0 heterocycles. The molecule has 5 heteroatoms. The van der Waals surface area contributed by atoms with E-state index in [-0.39, 0.29) is 5.97 Å². The van der Waals surface area contributed by atoms with Crippen molar-refractivity contribution in [2.75, 3.05) is 36.2 Å². The van der Waals surface area contributed by atoms with Crippen molar-refractivity contribution in [3.63, 3.8) is 0 Å². The second kappa shape index (κ2) is 9.53. The molecule has 0 saturated carbocycles. The van der Waals surface area contributed by atoms with Gasteiger partial charge in [-0.05, 0) is 50.0 Å². The van der Waals surface area contributed by atoms with Gasteiger partial charge >= 0.3 is 5.97 Å². The third-order valence-electron chi connectivity index (χ3n) is 2.90. The Morgan fingerprint density at radius 2 is 2.15 bits per heavy atom. The Morgan fingerprint density at radius 3 is 2.80 bits per heavy atom. The number of rotatable bonds is 9. The first-order valence-electron chi connectivity index (χ1n) is 6.98. The highest BCUT2D eigenvalue weighted by atomic mass is 32.2. The number of ether oxygens (including phenoxy) is 1. The molecule has 20 heavy (non-hydrogen) atoms. The summed E-state index contributed by atoms with van der Waals surface area (Å²) in [6.45, 7) is 3.06. The van der Waals surface area contributed by atoms with Crippen LogP contribution in [0.2, 0.25) is 0 Å². The predicted octanol–water partition coefficient (Wildman–Crippen LogP) is 3.39. The lowest BCUT2D eigenvalue weighted by Gasteiger charge is -2.10. The van der Waals surface area contributed by atoms with E-state index in [4.69, 9.17) is 10.5 Å². The van der Waals surface area contributed by atoms with Gasteiger partial charge in [-0.3, -0.25) is 0 Å². The van der Waals surface area contributed by atoms with Crippen molar-refractivity contribution in [3.05, 3.63) is 23.8 Å². The fourth-order valence-corrected chi connectivity index (χ4v) is 2.33. The monoisotopic (exact) mass is 296 g/mol. The Hall–Kier alpha value is -1.36. The molecular weight excluding hydrogens is 272 g/mol. The van der Waals surface area contributed by atoms with Gasteiger partial charge in [-0.2, -0.15) is 11.8 Å². The SMILES string of the molecule is CCOC(=O)c1ccc(NCCCCCSC)c(N)c1. The third-order valence-corrected chi connectivity index (χ3v) is 3.60. The van der Waals surface area contributed by atoms with E-state index in [0.717, 1.165) is 18.7 Å². The lowest BCUT2D eigenvalue weighted by atomic mass is 10.1. The maximum absolute atomic E-state index is 11.6. The zero-order valence-electron chi connectivity index (χ0n) is 12.3. The molecule has 0 bridgehead atoms. The van der Waals surface area contributed by atoms with E-state index in [1.807, 2.05) is 17.8 Å². The Morgan fingerprint density at radius 1 is 1.35 bits per heavy atom. The van der Waals surface area contributed by atoms with Gasteiger partial charge in [0.2, 0.25) is 0 Å². The van der Waals surface area contributed by atoms with Gasteiger partial charge in [0.05, 0.1) is 23.5 Å². The van der Waals surface area contributed by atoms with Crippen LogP contribution in [0.3, 0.4) is 0 Å². The summed E-state index contributed by atoms with van der Waals surface area (Å²) in [5.74, 6) is 0.888. The van der Waals surface area contributed by atoms with Crippen LogP contribution >= 0.6 is 11.8 Å². The average Bonchev–Trinajstić information content (AvgIpc) is 2.44. The van der Waals surface area contributed by atoms with Crippen molar-refractivity contribution in [2.24, 2.45) is 0 Å². The fourth-order valence-electron chi connectivity index (χ4n) is 1.84. The first-order chi connectivity index (χ1) is 9.69. The number of carbonyl (C=O) groups excluding carboxylic acids is 1. The highest BCUT2D eigenvalue weighted by Gasteiger charge is 2.08. The van der Waals surface area contributed by atoms with Crippen LogP contribution in [0, 0.1) is 0 Å². The van der Waals surface area contributed by atoms with E-state index in [1.54, 1.807) is 19.1 Å². The molecule has 0 amide bonds. The van der Waals surface area contributed by atoms with Gasteiger partial charge in [0, 0.05) is 6.54 Å². The van der Waals surface area contributed by atoms with E-state index < -0.39 is 0 Å². The number of hydrogen-bond donors (Lipinski definition) is 2. The van der Waals surface area contributed by atoms with Gasteiger partial charge in [-0.1, -0.05) is 6.42 Å². The first-order valence-corrected chi connectivity index (χ1v) is 8.38. The molecule has 0 spiro atoms. The quantitative estimate of drug-likeness (QED) is 0.415. The first kappa shape index (κ1) is 16.7. The van der Waals surface area contributed by atoms with Gasteiger partial charge in [-0.25, -0.2) is 4.79 Å². The number of nitrogens with two attached hydrogens (primary N) is 1. The molecule has 0 radical (unpaired) electrons. The number of nitrogens with one attached hydrogen (secondary N) is 1. The molecule has 0 fully saturated rings. The topological polar surface area (TPSA) is 64.3 Å². The second-order valence-corrected chi connectivity index (χ2v) is 5.49. The third kappa shape index (κ3) is 5.74. The number of esters is 1. The van der Waals surface area contributed by atoms with Crippen LogP contribution in [0.1, 0.15) is 36.5 Å². The standard InChI is InChI=1S/C15H24N2O2S/c1-3-19-15(18)12-7-8-14(13(16)11-12)17-9-5-4-6-10-20-2/h7-8,11,17H,3-6,9-10,16H2,1-2H3. The van der Waals surface area contributed by atoms with Crippen molar-refractivity contribution in [3.8, 4) is 0 Å². The van der Waals surface area contributed by atoms with Gasteiger partial charge in [-0.15, -0.1) is 0 Å². The number of anilines is 2. The van der Waals surface area contributed by atoms with E-state index in [0.29, 0.717) is 17.9 Å². The molecule has 1 rings (SSSR count). The summed E-state index contributed by atoms with van der Waals surface area (Å²) in [5.41, 5.74) is 7.90. The van der Waals surface area contributed by atoms with Gasteiger partial charge in [0.25, 0.3) is 0 Å². The van der Waals surface area contributed by atoms with Crippen LogP contribution < -0.4 is 11.1 Å². The van der Waals surface area contributed by atoms with E-state index >= 15 is 0 Å². The molecule has 1 aromatic carbocycles. The second-order valence-electron chi connectivity index (χ2n) is 4.50. The Balaban J connectivity index is 2.42. The summed E-state index contributed by atoms with van der Waals surface area (Å²) in [4.78, 5) is 11.6. The molecule has 0 atom stereocenters. The fraction of sp³-hybridized carbons (Fsp3) is 0.533. The molecule has 0 unspecified atom stereocenters. The van der Waals surface area contributed by atoms with Crippen LogP contribution in [0.25, 0.3) is 0 Å². The average molecular weight is 296 g/mol. The van der Waals surface area contributed by atoms with E-state index in [1.165, 1.54) is 18.6 Å². The molecule has 0 aliphatic rings. The summed E-state index contributed by atoms with van der Waals surface area (Å²) in [6.07, 6.45) is 5.72. The molecule has 3 N–H and O–H groups in total. The van der Waals surface area contributed by atoms with Crippen molar-refractivity contribution in [1.29, 1.82) is 0 Å². The van der Waals surface area contributed by atoms with Crippen LogP contribution in [-0.2, 0) is 4.74 Å². The van der Waals surface area contributed by atoms with Crippen LogP contribution in [0.4, 0.5) is 11.4 Å². The molecule has 0 aromatic heterocycles. The number of carbonyl (C=O) groups is 1. The predicted molar refractivity (Wildman–Crippen MR) is 87.5 cm³/mol. The number of unbranched alkanes of at least 4 members (excludes halogenated alkanes) is 2. The number of hydrogen-bond acceptors (Lipinski definition) is 5. The van der Waals surface area contributed by atoms with E-state index in [9.17, 15) is 4.79 Å². The zero-order valence-corrected chi connectivity index (χ0v) is 13.1. The lowest BCUT2D eigenvalue weighted by molar-refractivity contribution is 0.0526. The van der Waals surface area contributed by atoms with Gasteiger partial charge in [0.15, 0.2) is 0 Å². The zero-order chi connectivity index (χ0) is 14.8. The van der Waals surface area contributed by atoms with E-state index in [2.05, 4.69) is 11.6 Å². The van der Waals surface area contributed by atoms with Crippen LogP contribution in [0.15, 0.2) is 18.2 Å². The minimum atomic E-state index is -0.331. The van der Waals surface area contributed by atoms with Crippen LogP contribution in [0.5, 0.6) is 0 Å². The molecule has 1 aromatic rings. The molecular formula is C15H24N2O2S. The van der Waals surface area contributed by atoms with Gasteiger partial charge in [0.1, 0.15) is 0 Å². The minimum Gasteiger partial charge on any atom is -0.462 e. The molecule has 0 aliphatic heterocycles. The molecule has 112 valence electrons. The Labute approximate surface area is 125 Å².